The van der Waals surface area contributed by atoms with Crippen molar-refractivity contribution in [1.29, 1.82) is 0 Å². The maximum absolute atomic E-state index is 12.1. The Morgan fingerprint density at radius 3 is 2.70 bits per heavy atom. The van der Waals surface area contributed by atoms with Gasteiger partial charge in [-0.15, -0.1) is 5.10 Å². The predicted molar refractivity (Wildman–Crippen MR) is 101 cm³/mol. The molecule has 0 aliphatic carbocycles. The molecule has 10 heteroatoms. The molecule has 1 aromatic heterocycles. The fraction of sp³-hybridized carbons (Fsp3) is 0.118. The number of amides is 1. The molecule has 0 atom stereocenters. The lowest BCUT2D eigenvalue weighted by molar-refractivity contribution is -0.383. The smallest absolute Gasteiger partial charge is 0.292 e. The Hall–Kier alpha value is -3.40. The third-order valence-corrected chi connectivity index (χ3v) is 4.38. The summed E-state index contributed by atoms with van der Waals surface area (Å²) in [6.07, 6.45) is 0. The molecule has 0 aliphatic heterocycles. The molecule has 3 aromatic rings. The summed E-state index contributed by atoms with van der Waals surface area (Å²) in [6.45, 7) is 0. The van der Waals surface area contributed by atoms with Crippen LogP contribution in [0.3, 0.4) is 0 Å². The molecular formula is C17H15N5O4S. The van der Waals surface area contributed by atoms with Gasteiger partial charge in [0.25, 0.3) is 5.69 Å². The van der Waals surface area contributed by atoms with Gasteiger partial charge in [0.2, 0.25) is 11.1 Å². The van der Waals surface area contributed by atoms with E-state index >= 15 is 0 Å². The zero-order chi connectivity index (χ0) is 19.2. The Balaban J connectivity index is 1.60. The van der Waals surface area contributed by atoms with Gasteiger partial charge in [-0.05, 0) is 30.3 Å². The van der Waals surface area contributed by atoms with Crippen molar-refractivity contribution in [3.63, 3.8) is 0 Å². The second kappa shape index (κ2) is 8.32. The average Bonchev–Trinajstić information content (AvgIpc) is 3.16. The van der Waals surface area contributed by atoms with Crippen LogP contribution in [-0.4, -0.2) is 38.9 Å². The van der Waals surface area contributed by atoms with Gasteiger partial charge in [-0.25, -0.2) is 4.98 Å². The number of para-hydroxylation sites is 2. The number of aromatic amines is 1. The summed E-state index contributed by atoms with van der Waals surface area (Å²) >= 11 is 1.13. The highest BCUT2D eigenvalue weighted by atomic mass is 32.2. The molecule has 0 aliphatic rings. The van der Waals surface area contributed by atoms with Crippen LogP contribution >= 0.6 is 11.8 Å². The molecule has 0 radical (unpaired) electrons. The van der Waals surface area contributed by atoms with E-state index in [0.29, 0.717) is 11.0 Å². The largest absolute Gasteiger partial charge is 0.497 e. The van der Waals surface area contributed by atoms with Gasteiger partial charge in [0.15, 0.2) is 5.82 Å². The third-order valence-electron chi connectivity index (χ3n) is 3.54. The minimum absolute atomic E-state index is 0.0198. The number of hydrogen-bond acceptors (Lipinski definition) is 7. The fourth-order valence-electron chi connectivity index (χ4n) is 2.24. The van der Waals surface area contributed by atoms with Crippen molar-refractivity contribution in [2.24, 2.45) is 0 Å². The van der Waals surface area contributed by atoms with E-state index in [2.05, 4.69) is 20.5 Å². The van der Waals surface area contributed by atoms with Crippen LogP contribution in [-0.2, 0) is 4.79 Å². The highest BCUT2D eigenvalue weighted by molar-refractivity contribution is 7.99. The molecule has 0 saturated carbocycles. The van der Waals surface area contributed by atoms with Crippen LogP contribution in [0, 0.1) is 10.1 Å². The van der Waals surface area contributed by atoms with Crippen LogP contribution < -0.4 is 10.1 Å². The zero-order valence-electron chi connectivity index (χ0n) is 14.2. The predicted octanol–water partition coefficient (Wildman–Crippen LogP) is 3.12. The van der Waals surface area contributed by atoms with Crippen molar-refractivity contribution in [2.45, 2.75) is 5.16 Å². The first kappa shape index (κ1) is 18.4. The summed E-state index contributed by atoms with van der Waals surface area (Å²) in [7, 11) is 1.59. The standard InChI is InChI=1S/C17H15N5O4S/c1-26-12-8-6-11(7-9-12)16-19-17(21-20-16)27-10-15(23)18-13-4-2-3-5-14(13)22(24)25/h2-9H,10H2,1H3,(H,18,23)(H,19,20,21). The van der Waals surface area contributed by atoms with Crippen molar-refractivity contribution < 1.29 is 14.5 Å². The Kier molecular flexibility index (Phi) is 5.67. The van der Waals surface area contributed by atoms with Gasteiger partial charge >= 0.3 is 0 Å². The molecule has 0 saturated heterocycles. The number of anilines is 1. The van der Waals surface area contributed by atoms with Crippen LogP contribution in [0.1, 0.15) is 0 Å². The summed E-state index contributed by atoms with van der Waals surface area (Å²) in [6, 6.07) is 13.3. The molecule has 9 nitrogen and oxygen atoms in total. The lowest BCUT2D eigenvalue weighted by Crippen LogP contribution is -2.15. The molecule has 1 heterocycles. The minimum atomic E-state index is -0.543. The number of carbonyl (C=O) groups excluding carboxylic acids is 1. The van der Waals surface area contributed by atoms with E-state index in [0.717, 1.165) is 23.1 Å². The van der Waals surface area contributed by atoms with E-state index in [-0.39, 0.29) is 23.0 Å². The average molecular weight is 385 g/mol. The number of rotatable bonds is 7. The van der Waals surface area contributed by atoms with E-state index < -0.39 is 4.92 Å². The molecule has 0 unspecified atom stereocenters. The number of thioether (sulfide) groups is 1. The number of ether oxygens (including phenoxy) is 1. The Bertz CT molecular complexity index is 958. The number of nitrogens with zero attached hydrogens (tertiary/aromatic N) is 3. The van der Waals surface area contributed by atoms with Crippen molar-refractivity contribution in [3.05, 3.63) is 58.6 Å². The van der Waals surface area contributed by atoms with Gasteiger partial charge in [0.05, 0.1) is 17.8 Å². The summed E-state index contributed by atoms with van der Waals surface area (Å²) in [4.78, 5) is 26.8. The maximum atomic E-state index is 12.1. The topological polar surface area (TPSA) is 123 Å². The molecule has 0 fully saturated rings. The van der Waals surface area contributed by atoms with Crippen molar-refractivity contribution in [3.8, 4) is 17.1 Å². The van der Waals surface area contributed by atoms with Crippen molar-refractivity contribution in [1.82, 2.24) is 15.2 Å². The number of nitro benzene ring substituents is 1. The van der Waals surface area contributed by atoms with E-state index in [1.54, 1.807) is 13.2 Å². The van der Waals surface area contributed by atoms with Crippen LogP contribution in [0.2, 0.25) is 0 Å². The first-order valence-electron chi connectivity index (χ1n) is 7.79. The number of aromatic nitrogens is 3. The number of carbonyl (C=O) groups is 1. The fourth-order valence-corrected chi connectivity index (χ4v) is 2.84. The van der Waals surface area contributed by atoms with Gasteiger partial charge in [-0.1, -0.05) is 23.9 Å². The Morgan fingerprint density at radius 1 is 1.26 bits per heavy atom. The van der Waals surface area contributed by atoms with Crippen LogP contribution in [0.25, 0.3) is 11.4 Å². The zero-order valence-corrected chi connectivity index (χ0v) is 15.0. The number of H-pyrrole nitrogens is 1. The van der Waals surface area contributed by atoms with Crippen molar-refractivity contribution in [2.75, 3.05) is 18.2 Å². The lowest BCUT2D eigenvalue weighted by Gasteiger charge is -2.04. The first-order valence-corrected chi connectivity index (χ1v) is 8.78. The number of nitro groups is 1. The molecule has 2 aromatic carbocycles. The van der Waals surface area contributed by atoms with Gasteiger partial charge in [0, 0.05) is 11.6 Å². The second-order valence-electron chi connectivity index (χ2n) is 5.31. The van der Waals surface area contributed by atoms with Crippen LogP contribution in [0.4, 0.5) is 11.4 Å². The highest BCUT2D eigenvalue weighted by Gasteiger charge is 2.15. The normalized spacial score (nSPS) is 10.4. The monoisotopic (exact) mass is 385 g/mol. The lowest BCUT2D eigenvalue weighted by atomic mass is 10.2. The molecule has 138 valence electrons. The molecule has 0 spiro atoms. The van der Waals surface area contributed by atoms with E-state index in [9.17, 15) is 14.9 Å². The molecule has 2 N–H and O–H groups in total. The summed E-state index contributed by atoms with van der Waals surface area (Å²) in [5.41, 5.74) is 0.831. The maximum Gasteiger partial charge on any atom is 0.292 e. The number of benzene rings is 2. The number of nitrogens with one attached hydrogen (secondary N) is 2. The van der Waals surface area contributed by atoms with Gasteiger partial charge in [-0.3, -0.25) is 20.0 Å². The molecule has 3 rings (SSSR count). The molecule has 1 amide bonds. The van der Waals surface area contributed by atoms with Crippen molar-refractivity contribution >= 4 is 29.0 Å². The number of hydrogen-bond donors (Lipinski definition) is 2. The summed E-state index contributed by atoms with van der Waals surface area (Å²) in [5.74, 6) is 0.940. The van der Waals surface area contributed by atoms with E-state index in [4.69, 9.17) is 4.74 Å². The van der Waals surface area contributed by atoms with Gasteiger partial charge < -0.3 is 10.1 Å². The van der Waals surface area contributed by atoms with Gasteiger partial charge in [0.1, 0.15) is 11.4 Å². The van der Waals surface area contributed by atoms with E-state index in [1.807, 2.05) is 24.3 Å². The number of methoxy groups -OCH3 is 1. The first-order chi connectivity index (χ1) is 13.1. The van der Waals surface area contributed by atoms with Gasteiger partial charge in [-0.2, -0.15) is 0 Å². The summed E-state index contributed by atoms with van der Waals surface area (Å²) < 4.78 is 5.11. The quantitative estimate of drug-likeness (QED) is 0.364. The van der Waals surface area contributed by atoms with E-state index in [1.165, 1.54) is 18.2 Å². The highest BCUT2D eigenvalue weighted by Crippen LogP contribution is 2.24. The molecule has 27 heavy (non-hydrogen) atoms. The molecule has 0 bridgehead atoms. The minimum Gasteiger partial charge on any atom is -0.497 e. The Labute approximate surface area is 158 Å². The second-order valence-corrected chi connectivity index (χ2v) is 6.25. The third kappa shape index (κ3) is 4.61. The van der Waals surface area contributed by atoms with Crippen LogP contribution in [0.5, 0.6) is 5.75 Å². The molecular weight excluding hydrogens is 370 g/mol. The Morgan fingerprint density at radius 2 is 2.00 bits per heavy atom. The van der Waals surface area contributed by atoms with Crippen LogP contribution in [0.15, 0.2) is 53.7 Å². The SMILES string of the molecule is COc1ccc(-c2nc(SCC(=O)Nc3ccccc3[N+](=O)[O-])n[nH]2)cc1. The summed E-state index contributed by atoms with van der Waals surface area (Å²) in [5, 5.41) is 20.8.